The molecule has 1 aliphatic rings. The second kappa shape index (κ2) is 4.96. The molecule has 1 amide bonds. The Bertz CT molecular complexity index is 485. The molecule has 1 unspecified atom stereocenters. The van der Waals surface area contributed by atoms with Gasteiger partial charge in [-0.15, -0.1) is 0 Å². The van der Waals surface area contributed by atoms with Gasteiger partial charge >= 0.3 is 5.69 Å². The van der Waals surface area contributed by atoms with Crippen molar-refractivity contribution in [2.45, 2.75) is 18.9 Å². The van der Waals surface area contributed by atoms with E-state index in [0.29, 0.717) is 6.54 Å². The normalized spacial score (nSPS) is 19.9. The van der Waals surface area contributed by atoms with E-state index < -0.39 is 17.2 Å². The Kier molecular flexibility index (Phi) is 3.38. The van der Waals surface area contributed by atoms with Crippen LogP contribution in [-0.4, -0.2) is 35.0 Å². The van der Waals surface area contributed by atoms with Gasteiger partial charge in [-0.1, -0.05) is 0 Å². The molecule has 7 nitrogen and oxygen atoms in total. The molecule has 0 spiro atoms. The van der Waals surface area contributed by atoms with Gasteiger partial charge in [-0.25, -0.2) is 4.79 Å². The van der Waals surface area contributed by atoms with Gasteiger partial charge in [-0.05, 0) is 19.4 Å². The molecule has 0 aromatic carbocycles. The van der Waals surface area contributed by atoms with Crippen LogP contribution in [0.1, 0.15) is 23.3 Å². The lowest BCUT2D eigenvalue weighted by Gasteiger charge is -2.23. The Morgan fingerprint density at radius 2 is 2.18 bits per heavy atom. The first kappa shape index (κ1) is 11.6. The lowest BCUT2D eigenvalue weighted by Crippen LogP contribution is -2.46. The van der Waals surface area contributed by atoms with Gasteiger partial charge in [0.15, 0.2) is 0 Å². The van der Waals surface area contributed by atoms with Crippen LogP contribution in [0.25, 0.3) is 0 Å². The van der Waals surface area contributed by atoms with E-state index in [2.05, 4.69) is 15.6 Å². The molecule has 7 heteroatoms. The molecule has 0 aliphatic carbocycles. The van der Waals surface area contributed by atoms with Crippen molar-refractivity contribution in [2.75, 3.05) is 13.1 Å². The summed E-state index contributed by atoms with van der Waals surface area (Å²) in [5.41, 5.74) is -1.27. The summed E-state index contributed by atoms with van der Waals surface area (Å²) in [4.78, 5) is 38.1. The second-order valence-electron chi connectivity index (χ2n) is 4.02. The van der Waals surface area contributed by atoms with Gasteiger partial charge in [0, 0.05) is 18.7 Å². The number of aromatic amines is 2. The van der Waals surface area contributed by atoms with Gasteiger partial charge in [0.25, 0.3) is 11.5 Å². The van der Waals surface area contributed by atoms with Crippen LogP contribution in [-0.2, 0) is 0 Å². The second-order valence-corrected chi connectivity index (χ2v) is 4.02. The van der Waals surface area contributed by atoms with Crippen LogP contribution >= 0.6 is 0 Å². The zero-order chi connectivity index (χ0) is 12.3. The van der Waals surface area contributed by atoms with Crippen LogP contribution in [0.2, 0.25) is 0 Å². The van der Waals surface area contributed by atoms with Gasteiger partial charge in [0.1, 0.15) is 5.69 Å². The summed E-state index contributed by atoms with van der Waals surface area (Å²) in [7, 11) is 0. The number of hydrogen-bond donors (Lipinski definition) is 4. The van der Waals surface area contributed by atoms with Gasteiger partial charge in [-0.3, -0.25) is 14.6 Å². The van der Waals surface area contributed by atoms with Crippen LogP contribution < -0.4 is 21.9 Å². The highest BCUT2D eigenvalue weighted by Gasteiger charge is 2.17. The molecule has 2 rings (SSSR count). The Hall–Kier alpha value is -1.89. The fourth-order valence-electron chi connectivity index (χ4n) is 1.83. The minimum absolute atomic E-state index is 0.00989. The van der Waals surface area contributed by atoms with Crippen molar-refractivity contribution >= 4 is 5.91 Å². The average Bonchev–Trinajstić information content (AvgIpc) is 2.29. The van der Waals surface area contributed by atoms with Gasteiger partial charge in [-0.2, -0.15) is 0 Å². The van der Waals surface area contributed by atoms with Crippen LogP contribution in [0, 0.1) is 0 Å². The molecule has 1 saturated heterocycles. The minimum atomic E-state index is -0.676. The molecular weight excluding hydrogens is 224 g/mol. The lowest BCUT2D eigenvalue weighted by molar-refractivity contribution is 0.0925. The average molecular weight is 238 g/mol. The Morgan fingerprint density at radius 1 is 1.35 bits per heavy atom. The van der Waals surface area contributed by atoms with Crippen molar-refractivity contribution < 1.29 is 4.79 Å². The third kappa shape index (κ3) is 3.04. The third-order valence-corrected chi connectivity index (χ3v) is 2.64. The summed E-state index contributed by atoms with van der Waals surface area (Å²) in [6.07, 6.45) is 1.89. The lowest BCUT2D eigenvalue weighted by atomic mass is 10.1. The van der Waals surface area contributed by atoms with E-state index in [1.807, 2.05) is 4.98 Å². The molecule has 1 aliphatic heterocycles. The maximum atomic E-state index is 11.8. The van der Waals surface area contributed by atoms with Gasteiger partial charge < -0.3 is 15.6 Å². The first-order chi connectivity index (χ1) is 8.15. The predicted octanol–water partition coefficient (Wildman–Crippen LogP) is -1.45. The molecule has 0 bridgehead atoms. The van der Waals surface area contributed by atoms with E-state index in [4.69, 9.17) is 0 Å². The summed E-state index contributed by atoms with van der Waals surface area (Å²) in [5.74, 6) is -0.429. The number of carbonyl (C=O) groups is 1. The molecule has 0 radical (unpaired) electrons. The van der Waals surface area contributed by atoms with E-state index in [0.717, 1.165) is 25.5 Å². The summed E-state index contributed by atoms with van der Waals surface area (Å²) in [6.45, 7) is 1.66. The quantitative estimate of drug-likeness (QED) is 0.505. The molecule has 1 aromatic rings. The summed E-state index contributed by atoms with van der Waals surface area (Å²) < 4.78 is 0. The Balaban J connectivity index is 2.08. The number of rotatable bonds is 2. The number of amides is 1. The van der Waals surface area contributed by atoms with Gasteiger partial charge in [0.2, 0.25) is 0 Å². The number of aromatic nitrogens is 2. The number of hydrogen-bond acceptors (Lipinski definition) is 4. The SMILES string of the molecule is O=C(NC1CCCNC1)c1cc(=O)[nH]c(=O)[nH]1. The Morgan fingerprint density at radius 3 is 2.82 bits per heavy atom. The molecule has 4 N–H and O–H groups in total. The summed E-state index contributed by atoms with van der Waals surface area (Å²) in [6, 6.07) is 1.12. The van der Waals surface area contributed by atoms with Crippen LogP contribution in [0.15, 0.2) is 15.7 Å². The Labute approximate surface area is 96.6 Å². The molecule has 17 heavy (non-hydrogen) atoms. The predicted molar refractivity (Wildman–Crippen MR) is 61.0 cm³/mol. The van der Waals surface area contributed by atoms with Crippen LogP contribution in [0.5, 0.6) is 0 Å². The highest BCUT2D eigenvalue weighted by molar-refractivity contribution is 5.92. The standard InChI is InChI=1S/C10H14N4O3/c15-8-4-7(13-10(17)14-8)9(16)12-6-2-1-3-11-5-6/h4,6,11H,1-3,5H2,(H,12,16)(H2,13,14,15,17). The highest BCUT2D eigenvalue weighted by atomic mass is 16.2. The molecule has 0 saturated carbocycles. The van der Waals surface area contributed by atoms with E-state index in [1.165, 1.54) is 0 Å². The number of nitrogens with one attached hydrogen (secondary N) is 4. The summed E-state index contributed by atoms with van der Waals surface area (Å²) in [5, 5.41) is 5.93. The zero-order valence-electron chi connectivity index (χ0n) is 9.21. The van der Waals surface area contributed by atoms with Crippen molar-refractivity contribution in [1.29, 1.82) is 0 Å². The smallest absolute Gasteiger partial charge is 0.326 e. The molecule has 2 heterocycles. The monoisotopic (exact) mass is 238 g/mol. The highest BCUT2D eigenvalue weighted by Crippen LogP contribution is 2.01. The molecular formula is C10H14N4O3. The van der Waals surface area contributed by atoms with Crippen molar-refractivity contribution in [1.82, 2.24) is 20.6 Å². The first-order valence-electron chi connectivity index (χ1n) is 5.50. The van der Waals surface area contributed by atoms with Crippen molar-refractivity contribution in [2.24, 2.45) is 0 Å². The van der Waals surface area contributed by atoms with E-state index in [-0.39, 0.29) is 11.7 Å². The molecule has 92 valence electrons. The minimum Gasteiger partial charge on any atom is -0.347 e. The number of piperidine rings is 1. The van der Waals surface area contributed by atoms with Crippen LogP contribution in [0.3, 0.4) is 0 Å². The topological polar surface area (TPSA) is 107 Å². The fourth-order valence-corrected chi connectivity index (χ4v) is 1.83. The maximum absolute atomic E-state index is 11.8. The van der Waals surface area contributed by atoms with Crippen molar-refractivity contribution in [3.05, 3.63) is 32.6 Å². The zero-order valence-corrected chi connectivity index (χ0v) is 9.21. The number of carbonyl (C=O) groups excluding carboxylic acids is 1. The van der Waals surface area contributed by atoms with Crippen molar-refractivity contribution in [3.8, 4) is 0 Å². The number of H-pyrrole nitrogens is 2. The molecule has 1 aromatic heterocycles. The maximum Gasteiger partial charge on any atom is 0.326 e. The largest absolute Gasteiger partial charge is 0.347 e. The van der Waals surface area contributed by atoms with Crippen LogP contribution in [0.4, 0.5) is 0 Å². The van der Waals surface area contributed by atoms with E-state index in [9.17, 15) is 14.4 Å². The van der Waals surface area contributed by atoms with Crippen molar-refractivity contribution in [3.63, 3.8) is 0 Å². The molecule has 1 atom stereocenters. The fraction of sp³-hybridized carbons (Fsp3) is 0.500. The summed E-state index contributed by atoms with van der Waals surface area (Å²) >= 11 is 0. The van der Waals surface area contributed by atoms with E-state index in [1.54, 1.807) is 0 Å². The van der Waals surface area contributed by atoms with Gasteiger partial charge in [0.05, 0.1) is 0 Å². The third-order valence-electron chi connectivity index (χ3n) is 2.64. The molecule has 1 fully saturated rings. The van der Waals surface area contributed by atoms with E-state index >= 15 is 0 Å². The first-order valence-corrected chi connectivity index (χ1v) is 5.50.